The summed E-state index contributed by atoms with van der Waals surface area (Å²) in [5, 5.41) is 0. The van der Waals surface area contributed by atoms with Crippen molar-refractivity contribution in [2.75, 3.05) is 0 Å². The summed E-state index contributed by atoms with van der Waals surface area (Å²) in [6.45, 7) is 9.10. The van der Waals surface area contributed by atoms with Crippen molar-refractivity contribution in [2.45, 2.75) is 84.2 Å². The highest BCUT2D eigenvalue weighted by atomic mass is 16.5. The fourth-order valence-corrected chi connectivity index (χ4v) is 4.40. The van der Waals surface area contributed by atoms with Crippen LogP contribution in [0.2, 0.25) is 0 Å². The van der Waals surface area contributed by atoms with Crippen molar-refractivity contribution in [2.24, 2.45) is 5.92 Å². The van der Waals surface area contributed by atoms with Crippen LogP contribution in [0.3, 0.4) is 0 Å². The number of rotatable bonds is 5. The lowest BCUT2D eigenvalue weighted by atomic mass is 9.67. The molecule has 0 fully saturated rings. The molecule has 1 aliphatic carbocycles. The van der Waals surface area contributed by atoms with E-state index < -0.39 is 0 Å². The first kappa shape index (κ1) is 16.6. The first-order valence-electron chi connectivity index (χ1n) is 9.48. The van der Waals surface area contributed by atoms with Crippen LogP contribution in [-0.2, 0) is 6.42 Å². The molecule has 0 N–H and O–H groups in total. The number of fused-ring (bicyclic) bond motifs is 3. The number of aryl methyl sites for hydroxylation is 1. The number of unbranched alkanes of at least 4 members (excludes halogenated alkanes) is 3. The minimum atomic E-state index is -0.0598. The van der Waals surface area contributed by atoms with Crippen LogP contribution in [0.15, 0.2) is 29.8 Å². The second-order valence-electron chi connectivity index (χ2n) is 8.09. The van der Waals surface area contributed by atoms with Crippen molar-refractivity contribution in [3.05, 3.63) is 41.0 Å². The summed E-state index contributed by atoms with van der Waals surface area (Å²) in [7, 11) is 0. The van der Waals surface area contributed by atoms with Crippen LogP contribution in [0.1, 0.15) is 83.3 Å². The van der Waals surface area contributed by atoms with E-state index in [1.807, 2.05) is 0 Å². The van der Waals surface area contributed by atoms with Gasteiger partial charge in [0, 0.05) is 5.92 Å². The molecule has 0 amide bonds. The van der Waals surface area contributed by atoms with Crippen molar-refractivity contribution in [1.82, 2.24) is 0 Å². The lowest BCUT2D eigenvalue weighted by Crippen LogP contribution is -2.45. The van der Waals surface area contributed by atoms with E-state index in [2.05, 4.69) is 52.0 Å². The van der Waals surface area contributed by atoms with Crippen LogP contribution in [0, 0.1) is 5.92 Å². The topological polar surface area (TPSA) is 9.23 Å². The molecule has 1 aromatic carbocycles. The molecular weight excluding hydrogens is 280 g/mol. The van der Waals surface area contributed by atoms with Gasteiger partial charge in [0.1, 0.15) is 11.4 Å². The van der Waals surface area contributed by atoms with Gasteiger partial charge in [-0.05, 0) is 69.6 Å². The van der Waals surface area contributed by atoms with Gasteiger partial charge >= 0.3 is 0 Å². The fourth-order valence-electron chi connectivity index (χ4n) is 4.40. The minimum Gasteiger partial charge on any atom is -0.487 e. The molecule has 1 heteroatoms. The lowest BCUT2D eigenvalue weighted by Gasteiger charge is -2.47. The number of hydrogen-bond acceptors (Lipinski definition) is 1. The maximum absolute atomic E-state index is 6.46. The number of hydrogen-bond donors (Lipinski definition) is 0. The summed E-state index contributed by atoms with van der Waals surface area (Å²) >= 11 is 0. The Bertz CT molecular complexity index is 582. The number of allylic oxidation sites excluding steroid dienone is 2. The van der Waals surface area contributed by atoms with Crippen molar-refractivity contribution in [3.63, 3.8) is 0 Å². The van der Waals surface area contributed by atoms with Gasteiger partial charge in [-0.1, -0.05) is 50.0 Å². The molecule has 0 aromatic heterocycles. The first-order chi connectivity index (χ1) is 11.0. The zero-order valence-electron chi connectivity index (χ0n) is 15.3. The smallest absolute Gasteiger partial charge is 0.123 e. The van der Waals surface area contributed by atoms with Crippen LogP contribution in [0.25, 0.3) is 0 Å². The Morgan fingerprint density at radius 2 is 2.00 bits per heavy atom. The number of ether oxygens (including phenoxy) is 1. The molecule has 1 aliphatic heterocycles. The van der Waals surface area contributed by atoms with Gasteiger partial charge in [0.25, 0.3) is 0 Å². The average Bonchev–Trinajstić information content (AvgIpc) is 2.50. The Balaban J connectivity index is 1.81. The van der Waals surface area contributed by atoms with E-state index in [0.717, 1.165) is 12.2 Å². The molecule has 0 radical (unpaired) electrons. The SMILES string of the molecule is CCCCCCc1ccc2c(c1)OC(C)(C)[C@@H]1CC=C(C)C[C@@H]21. The normalized spacial score (nSPS) is 25.1. The van der Waals surface area contributed by atoms with E-state index in [0.29, 0.717) is 11.8 Å². The third kappa shape index (κ3) is 3.49. The van der Waals surface area contributed by atoms with Crippen LogP contribution >= 0.6 is 0 Å². The molecule has 1 heterocycles. The van der Waals surface area contributed by atoms with Crippen molar-refractivity contribution >= 4 is 0 Å². The fraction of sp³-hybridized carbons (Fsp3) is 0.636. The van der Waals surface area contributed by atoms with Crippen molar-refractivity contribution in [3.8, 4) is 5.75 Å². The van der Waals surface area contributed by atoms with Gasteiger partial charge in [-0.25, -0.2) is 0 Å². The molecule has 126 valence electrons. The highest BCUT2D eigenvalue weighted by Gasteiger charge is 2.44. The van der Waals surface area contributed by atoms with Gasteiger partial charge in [-0.3, -0.25) is 0 Å². The third-order valence-electron chi connectivity index (χ3n) is 5.81. The quantitative estimate of drug-likeness (QED) is 0.450. The zero-order chi connectivity index (χ0) is 16.4. The summed E-state index contributed by atoms with van der Waals surface area (Å²) in [6, 6.07) is 7.03. The minimum absolute atomic E-state index is 0.0598. The summed E-state index contributed by atoms with van der Waals surface area (Å²) < 4.78 is 6.46. The van der Waals surface area contributed by atoms with Crippen molar-refractivity contribution < 1.29 is 4.74 Å². The molecule has 23 heavy (non-hydrogen) atoms. The summed E-state index contributed by atoms with van der Waals surface area (Å²) in [5.41, 5.74) is 4.37. The standard InChI is InChI=1S/C22H32O/c1-5-6-7-8-9-17-11-12-18-19-14-16(2)10-13-20(19)22(3,4)23-21(18)15-17/h10-12,15,19-20H,5-9,13-14H2,1-4H3/t19-,20+/m0/s1. The van der Waals surface area contributed by atoms with E-state index in [1.54, 1.807) is 5.57 Å². The van der Waals surface area contributed by atoms with Crippen LogP contribution < -0.4 is 4.74 Å². The molecule has 0 saturated carbocycles. The van der Waals surface area contributed by atoms with Crippen molar-refractivity contribution in [1.29, 1.82) is 0 Å². The van der Waals surface area contributed by atoms with Crippen LogP contribution in [0.4, 0.5) is 0 Å². The molecule has 0 saturated heterocycles. The van der Waals surface area contributed by atoms with Gasteiger partial charge in [-0.2, -0.15) is 0 Å². The molecular formula is C22H32O. The van der Waals surface area contributed by atoms with Gasteiger partial charge in [0.15, 0.2) is 0 Å². The second-order valence-corrected chi connectivity index (χ2v) is 8.09. The zero-order valence-corrected chi connectivity index (χ0v) is 15.3. The monoisotopic (exact) mass is 312 g/mol. The Kier molecular flexibility index (Phi) is 4.85. The molecule has 2 aliphatic rings. The highest BCUT2D eigenvalue weighted by Crippen LogP contribution is 2.51. The van der Waals surface area contributed by atoms with E-state index in [-0.39, 0.29) is 5.60 Å². The highest BCUT2D eigenvalue weighted by molar-refractivity contribution is 5.44. The van der Waals surface area contributed by atoms with Gasteiger partial charge in [0.05, 0.1) is 0 Å². The van der Waals surface area contributed by atoms with Gasteiger partial charge in [0.2, 0.25) is 0 Å². The molecule has 0 unspecified atom stereocenters. The van der Waals surface area contributed by atoms with Crippen LogP contribution in [-0.4, -0.2) is 5.60 Å². The average molecular weight is 312 g/mol. The Hall–Kier alpha value is -1.24. The molecule has 3 rings (SSSR count). The molecule has 1 aromatic rings. The second kappa shape index (κ2) is 6.71. The third-order valence-corrected chi connectivity index (χ3v) is 5.81. The molecule has 0 bridgehead atoms. The lowest BCUT2D eigenvalue weighted by molar-refractivity contribution is 0.00848. The Labute approximate surface area is 142 Å². The largest absolute Gasteiger partial charge is 0.487 e. The molecule has 1 nitrogen and oxygen atoms in total. The molecule has 0 spiro atoms. The Morgan fingerprint density at radius 3 is 2.78 bits per heavy atom. The predicted octanol–water partition coefficient (Wildman–Crippen LogP) is 6.42. The first-order valence-corrected chi connectivity index (χ1v) is 9.48. The van der Waals surface area contributed by atoms with E-state index in [9.17, 15) is 0 Å². The Morgan fingerprint density at radius 1 is 1.17 bits per heavy atom. The van der Waals surface area contributed by atoms with E-state index in [4.69, 9.17) is 4.74 Å². The summed E-state index contributed by atoms with van der Waals surface area (Å²) in [6.07, 6.45) is 11.2. The van der Waals surface area contributed by atoms with Gasteiger partial charge < -0.3 is 4.74 Å². The van der Waals surface area contributed by atoms with E-state index >= 15 is 0 Å². The predicted molar refractivity (Wildman–Crippen MR) is 98.2 cm³/mol. The molecule has 2 atom stereocenters. The maximum Gasteiger partial charge on any atom is 0.123 e. The maximum atomic E-state index is 6.46. The number of benzene rings is 1. The summed E-state index contributed by atoms with van der Waals surface area (Å²) in [5.74, 6) is 2.39. The summed E-state index contributed by atoms with van der Waals surface area (Å²) in [4.78, 5) is 0. The van der Waals surface area contributed by atoms with Crippen LogP contribution in [0.5, 0.6) is 5.75 Å². The van der Waals surface area contributed by atoms with Gasteiger partial charge in [-0.15, -0.1) is 0 Å². The van der Waals surface area contributed by atoms with E-state index in [1.165, 1.54) is 49.7 Å².